The molecule has 1 saturated carbocycles. The van der Waals surface area contributed by atoms with Gasteiger partial charge in [0, 0.05) is 48.0 Å². The van der Waals surface area contributed by atoms with Gasteiger partial charge in [0.2, 0.25) is 5.95 Å². The van der Waals surface area contributed by atoms with Gasteiger partial charge in [-0.3, -0.25) is 0 Å². The summed E-state index contributed by atoms with van der Waals surface area (Å²) in [4.78, 5) is 24.3. The van der Waals surface area contributed by atoms with Gasteiger partial charge in [-0.2, -0.15) is 0 Å². The van der Waals surface area contributed by atoms with Crippen molar-refractivity contribution >= 4 is 33.0 Å². The fourth-order valence-electron chi connectivity index (χ4n) is 5.38. The summed E-state index contributed by atoms with van der Waals surface area (Å²) in [5.74, 6) is 0.812. The number of likely N-dealkylation sites (tertiary alicyclic amines) is 1. The van der Waals surface area contributed by atoms with E-state index in [0.717, 1.165) is 47.9 Å². The van der Waals surface area contributed by atoms with Crippen molar-refractivity contribution in [2.45, 2.75) is 68.9 Å². The number of piperidine rings is 1. The number of nitrogens with zero attached hydrogens (tertiary/aromatic N) is 4. The zero-order valence-corrected chi connectivity index (χ0v) is 24.4. The first-order chi connectivity index (χ1) is 19.6. The Balaban J connectivity index is 1.35. The number of rotatable bonds is 6. The molecule has 41 heavy (non-hydrogen) atoms. The molecule has 2 aromatic carbocycles. The lowest BCUT2D eigenvalue weighted by Gasteiger charge is -2.34. The summed E-state index contributed by atoms with van der Waals surface area (Å²) in [5, 5.41) is 4.25. The Morgan fingerprint density at radius 1 is 1.02 bits per heavy atom. The Bertz CT molecular complexity index is 1690. The van der Waals surface area contributed by atoms with Crippen LogP contribution >= 0.6 is 0 Å². The Morgan fingerprint density at radius 2 is 1.76 bits per heavy atom. The van der Waals surface area contributed by atoms with Crippen molar-refractivity contribution in [1.82, 2.24) is 18.8 Å². The fourth-order valence-corrected chi connectivity index (χ4v) is 6.77. The summed E-state index contributed by atoms with van der Waals surface area (Å²) in [6.07, 6.45) is 7.06. The smallest absolute Gasteiger partial charge is 0.410 e. The van der Waals surface area contributed by atoms with Crippen LogP contribution in [-0.2, 0) is 14.8 Å². The number of hydrogen-bond acceptors (Lipinski definition) is 7. The summed E-state index contributed by atoms with van der Waals surface area (Å²) in [5.41, 5.74) is 2.56. The number of para-hydroxylation sites is 1. The van der Waals surface area contributed by atoms with Gasteiger partial charge in [-0.15, -0.1) is 0 Å². The molecule has 1 aliphatic carbocycles. The first kappa shape index (κ1) is 27.3. The maximum Gasteiger partial charge on any atom is 0.410 e. The number of ether oxygens (including phenoxy) is 1. The van der Waals surface area contributed by atoms with Crippen molar-refractivity contribution in [2.24, 2.45) is 0 Å². The van der Waals surface area contributed by atoms with Crippen molar-refractivity contribution < 1.29 is 17.9 Å². The first-order valence-electron chi connectivity index (χ1n) is 14.1. The number of nitrogens with one attached hydrogen (secondary N) is 1. The highest BCUT2D eigenvalue weighted by atomic mass is 32.2. The maximum atomic E-state index is 13.7. The van der Waals surface area contributed by atoms with E-state index in [1.807, 2.05) is 51.2 Å². The lowest BCUT2D eigenvalue weighted by Crippen LogP contribution is -2.47. The van der Waals surface area contributed by atoms with Crippen LogP contribution in [0.4, 0.5) is 10.7 Å². The SMILES string of the molecule is CC(C)(C)OC(=O)N1CCC[C@H](Nc2ncc(C3CC3)c(-c3cn(S(=O)(=O)c4ccccc4)c4ccccc34)n2)C1. The van der Waals surface area contributed by atoms with Crippen LogP contribution < -0.4 is 5.32 Å². The van der Waals surface area contributed by atoms with E-state index in [0.29, 0.717) is 30.5 Å². The van der Waals surface area contributed by atoms with Gasteiger partial charge in [-0.05, 0) is 70.6 Å². The van der Waals surface area contributed by atoms with E-state index in [1.165, 1.54) is 3.97 Å². The van der Waals surface area contributed by atoms with E-state index in [9.17, 15) is 13.2 Å². The molecule has 10 heteroatoms. The second-order valence-electron chi connectivity index (χ2n) is 11.9. The molecule has 1 N–H and O–H groups in total. The zero-order chi connectivity index (χ0) is 28.8. The van der Waals surface area contributed by atoms with Crippen LogP contribution in [0.5, 0.6) is 0 Å². The minimum atomic E-state index is -3.82. The summed E-state index contributed by atoms with van der Waals surface area (Å²) in [6, 6.07) is 16.0. The molecule has 2 fully saturated rings. The van der Waals surface area contributed by atoms with Crippen LogP contribution in [-0.4, -0.2) is 58.1 Å². The quantitative estimate of drug-likeness (QED) is 0.300. The number of aromatic nitrogens is 3. The number of anilines is 1. The molecule has 6 rings (SSSR count). The van der Waals surface area contributed by atoms with Gasteiger partial charge in [-0.25, -0.2) is 27.2 Å². The normalized spacial score (nSPS) is 17.9. The standard InChI is InChI=1S/C31H35N5O4S/c1-31(2,3)40-30(37)35-17-9-10-22(19-35)33-29-32-18-25(21-15-16-21)28(34-29)26-20-36(27-14-8-7-13-24(26)27)41(38,39)23-11-5-4-6-12-23/h4-8,11-14,18,20-22H,9-10,15-17,19H2,1-3H3,(H,32,33,34)/t22-/m0/s1. The van der Waals surface area contributed by atoms with E-state index in [1.54, 1.807) is 41.4 Å². The molecule has 0 spiro atoms. The average molecular weight is 574 g/mol. The van der Waals surface area contributed by atoms with Crippen LogP contribution in [0.2, 0.25) is 0 Å². The van der Waals surface area contributed by atoms with Gasteiger partial charge in [0.15, 0.2) is 0 Å². The molecule has 2 aliphatic rings. The predicted octanol–water partition coefficient (Wildman–Crippen LogP) is 6.02. The molecule has 1 amide bonds. The van der Waals surface area contributed by atoms with E-state index in [-0.39, 0.29) is 17.0 Å². The maximum absolute atomic E-state index is 13.7. The number of carbonyl (C=O) groups is 1. The van der Waals surface area contributed by atoms with Crippen LogP contribution in [0.1, 0.15) is 57.9 Å². The van der Waals surface area contributed by atoms with Gasteiger partial charge < -0.3 is 15.0 Å². The van der Waals surface area contributed by atoms with E-state index < -0.39 is 15.6 Å². The molecule has 1 aliphatic heterocycles. The van der Waals surface area contributed by atoms with Gasteiger partial charge in [0.05, 0.1) is 16.1 Å². The molecular weight excluding hydrogens is 538 g/mol. The van der Waals surface area contributed by atoms with Crippen molar-refractivity contribution in [3.05, 3.63) is 72.6 Å². The molecule has 9 nitrogen and oxygen atoms in total. The Morgan fingerprint density at radius 3 is 2.49 bits per heavy atom. The minimum Gasteiger partial charge on any atom is -0.444 e. The highest BCUT2D eigenvalue weighted by Gasteiger charge is 2.32. The van der Waals surface area contributed by atoms with Gasteiger partial charge in [-0.1, -0.05) is 36.4 Å². The number of hydrogen-bond donors (Lipinski definition) is 1. The molecular formula is C31H35N5O4S. The van der Waals surface area contributed by atoms with Crippen LogP contribution in [0.15, 0.2) is 71.9 Å². The first-order valence-corrected chi connectivity index (χ1v) is 15.6. The van der Waals surface area contributed by atoms with Crippen LogP contribution in [0.25, 0.3) is 22.2 Å². The highest BCUT2D eigenvalue weighted by Crippen LogP contribution is 2.45. The Kier molecular flexibility index (Phi) is 6.97. The highest BCUT2D eigenvalue weighted by molar-refractivity contribution is 7.90. The topological polar surface area (TPSA) is 106 Å². The van der Waals surface area contributed by atoms with Gasteiger partial charge >= 0.3 is 6.09 Å². The van der Waals surface area contributed by atoms with E-state index in [4.69, 9.17) is 9.72 Å². The third-order valence-corrected chi connectivity index (χ3v) is 9.16. The summed E-state index contributed by atoms with van der Waals surface area (Å²) in [7, 11) is -3.82. The van der Waals surface area contributed by atoms with Crippen LogP contribution in [0.3, 0.4) is 0 Å². The third kappa shape index (κ3) is 5.66. The molecule has 1 atom stereocenters. The molecule has 4 aromatic rings. The molecule has 1 saturated heterocycles. The predicted molar refractivity (Wildman–Crippen MR) is 158 cm³/mol. The van der Waals surface area contributed by atoms with Crippen molar-refractivity contribution in [2.75, 3.05) is 18.4 Å². The van der Waals surface area contributed by atoms with Crippen molar-refractivity contribution in [3.63, 3.8) is 0 Å². The van der Waals surface area contributed by atoms with Crippen LogP contribution in [0, 0.1) is 0 Å². The fraction of sp³-hybridized carbons (Fsp3) is 0.387. The molecule has 214 valence electrons. The second-order valence-corrected chi connectivity index (χ2v) is 13.7. The van der Waals surface area contributed by atoms with Gasteiger partial charge in [0.1, 0.15) is 5.60 Å². The lowest BCUT2D eigenvalue weighted by molar-refractivity contribution is 0.0206. The largest absolute Gasteiger partial charge is 0.444 e. The number of benzene rings is 2. The second kappa shape index (κ2) is 10.5. The van der Waals surface area contributed by atoms with Gasteiger partial charge in [0.25, 0.3) is 10.0 Å². The van der Waals surface area contributed by atoms with E-state index in [2.05, 4.69) is 10.3 Å². The van der Waals surface area contributed by atoms with Crippen molar-refractivity contribution in [3.8, 4) is 11.3 Å². The minimum absolute atomic E-state index is 0.0318. The summed E-state index contributed by atoms with van der Waals surface area (Å²) >= 11 is 0. The Hall–Kier alpha value is -3.92. The molecule has 0 radical (unpaired) electrons. The zero-order valence-electron chi connectivity index (χ0n) is 23.6. The van der Waals surface area contributed by atoms with E-state index >= 15 is 0 Å². The third-order valence-electron chi connectivity index (χ3n) is 7.47. The number of carbonyl (C=O) groups excluding carboxylic acids is 1. The number of fused-ring (bicyclic) bond motifs is 1. The van der Waals surface area contributed by atoms with Crippen molar-refractivity contribution in [1.29, 1.82) is 0 Å². The summed E-state index contributed by atoms with van der Waals surface area (Å²) in [6.45, 7) is 6.73. The Labute approximate surface area is 240 Å². The average Bonchev–Trinajstić information content (AvgIpc) is 3.72. The monoisotopic (exact) mass is 573 g/mol. The molecule has 2 aromatic heterocycles. The summed E-state index contributed by atoms with van der Waals surface area (Å²) < 4.78 is 34.3. The number of amides is 1. The molecule has 3 heterocycles. The lowest BCUT2D eigenvalue weighted by atomic mass is 10.0. The molecule has 0 unspecified atom stereocenters. The molecule has 0 bridgehead atoms.